The quantitative estimate of drug-likeness (QED) is 0.00407. The second-order valence-electron chi connectivity index (χ2n) is 33.5. The van der Waals surface area contributed by atoms with E-state index < -0.39 is 114 Å². The number of piperidine rings is 1. The Morgan fingerprint density at radius 3 is 2.02 bits per heavy atom. The molecule has 1 aromatic heterocycles. The number of cyclic esters (lactones) is 1. The molecule has 2 aromatic carbocycles. The van der Waals surface area contributed by atoms with Gasteiger partial charge in [0.05, 0.1) is 131 Å². The van der Waals surface area contributed by atoms with Crippen LogP contribution in [-0.2, 0) is 92.1 Å². The van der Waals surface area contributed by atoms with Gasteiger partial charge in [-0.25, -0.2) is 14.6 Å². The van der Waals surface area contributed by atoms with Crippen LogP contribution in [0.3, 0.4) is 0 Å². The van der Waals surface area contributed by atoms with Gasteiger partial charge < -0.3 is 114 Å². The van der Waals surface area contributed by atoms with Crippen LogP contribution in [0.2, 0.25) is 0 Å². The highest BCUT2D eigenvalue weighted by atomic mass is 32.2. The fourth-order valence-electron chi connectivity index (χ4n) is 16.3. The summed E-state index contributed by atoms with van der Waals surface area (Å²) < 4.78 is 81.0. The maximum Gasteiger partial charge on any atom is 0.407 e. The Balaban J connectivity index is 0.646. The second kappa shape index (κ2) is 56.4. The Labute approximate surface area is 756 Å². The lowest BCUT2D eigenvalue weighted by molar-refractivity contribution is -0.265. The number of nitrogens with two attached hydrogens (primary N) is 2. The Morgan fingerprint density at radius 1 is 0.711 bits per heavy atom. The zero-order chi connectivity index (χ0) is 92.3. The van der Waals surface area contributed by atoms with Gasteiger partial charge in [-0.2, -0.15) is 0 Å². The van der Waals surface area contributed by atoms with E-state index in [2.05, 4.69) is 25.6 Å². The minimum atomic E-state index is -2.51. The zero-order valence-corrected chi connectivity index (χ0v) is 76.8. The smallest absolute Gasteiger partial charge is 0.407 e. The molecule has 5 aliphatic rings. The first-order chi connectivity index (χ1) is 61.7. The highest BCUT2D eigenvalue weighted by Gasteiger charge is 2.53. The molecule has 4 amide bonds. The summed E-state index contributed by atoms with van der Waals surface area (Å²) in [5.41, 5.74) is 28.3. The van der Waals surface area contributed by atoms with Gasteiger partial charge in [0.15, 0.2) is 5.78 Å². The standard InChI is InChI=1S/C93H138N10O24S/c1-61-15-11-10-12-16-62(2)80(114-8)57-72-22-18-67(7)93(113,127-72)88(108)90(110)103-31-14-13-17-77(103)91(111)125-81(58-76(100-101-96)64(4)52-66(6)86(106)87(107)85(105)65(5)51-61)75(94)54-68-19-25-79(82(55-68)115-9)126-92(112)98-29-34-117-37-39-119-41-43-121-45-47-123-49-48-122-46-44-120-42-40-118-38-36-116-33-28-84(104)97-30-50-128-73-23-24-74(63(3)53-73)89(109)102-32-35-124-78-26-20-69(56-71(78)60-102)70-21-27-83(95)99-59-70/h10-12,15-16,20-21,23-24,26-27,52-53,56,59,61,64-65,67-68,72,75-77,79-82,86-87,106-107,113H,13-14,17-19,22,25,28-51,54-55,57-58,60,94H2,1-9H3,(H2,95,99)(H,97,104)(H,98,112)/b12-10+,15-11+,62-16+,66-52+/t61-,64-,65-,67-,68+,72+,75-,76?,77+,79-,80+,81+,82-,86-,87+,93-/m1/s1. The highest BCUT2D eigenvalue weighted by molar-refractivity contribution is 7.99. The number of nitrogens with zero attached hydrogens (tertiary/aromatic N) is 6. The van der Waals surface area contributed by atoms with Crippen molar-refractivity contribution in [2.24, 2.45) is 40.4 Å². The van der Waals surface area contributed by atoms with Crippen LogP contribution in [0.5, 0.6) is 5.75 Å². The number of rotatable bonds is 40. The SMILES string of the molecule is CO[C@H]1C[C@@H]2CC[C@@H](C)[C@@](O)(O2)C(=O)C(=O)N2CCCC[C@H]2C(=O)O[C@H]([C@H](N)C[C@@H]2CC[C@@H](OC(=O)NCCOCCOCCOCCOCCOCCOCCOCCOCCC(=O)NCCSc3ccc(C(=O)N4CCOc5ccc(-c6ccc(N)nc6)cc5C4)c(C)c3)[C@H](OC)C2)CC(N=[N+]=[N-])[C@H](C)/C=C(\C)[C@@H](O)[C@@H](O)C(=O)[C@H](C)C[C@H](C)/C=C/C=C/C=C/1C. The molecule has 2 bridgehead atoms. The number of alkyl carbamates (subject to hydrolysis) is 1. The fourth-order valence-corrected chi connectivity index (χ4v) is 17.1. The molecule has 1 saturated carbocycles. The number of aromatic nitrogens is 1. The topological polar surface area (TPSA) is 454 Å². The second-order valence-corrected chi connectivity index (χ2v) is 34.6. The highest BCUT2D eigenvalue weighted by Crippen LogP contribution is 2.39. The van der Waals surface area contributed by atoms with Gasteiger partial charge in [-0.1, -0.05) is 75.3 Å². The number of methoxy groups -OCH3 is 2. The number of carbonyl (C=O) groups excluding carboxylic acids is 7. The van der Waals surface area contributed by atoms with Crippen LogP contribution < -0.4 is 26.8 Å². The Morgan fingerprint density at radius 2 is 1.38 bits per heavy atom. The monoisotopic (exact) mass is 1810 g/mol. The van der Waals surface area contributed by atoms with Crippen LogP contribution in [-0.4, -0.2) is 297 Å². The van der Waals surface area contributed by atoms with Gasteiger partial charge in [0, 0.05) is 116 Å². The molecule has 3 aromatic rings. The van der Waals surface area contributed by atoms with E-state index in [1.807, 2.05) is 98.5 Å². The van der Waals surface area contributed by atoms with Crippen molar-refractivity contribution in [1.82, 2.24) is 25.4 Å². The number of thioether (sulfide) groups is 1. The number of aryl methyl sites for hydroxylation is 1. The maximum atomic E-state index is 14.8. The van der Waals surface area contributed by atoms with Crippen molar-refractivity contribution in [1.29, 1.82) is 0 Å². The van der Waals surface area contributed by atoms with E-state index >= 15 is 0 Å². The molecule has 9 N–H and O–H groups in total. The molecule has 1 aliphatic carbocycles. The summed E-state index contributed by atoms with van der Waals surface area (Å²) in [4.78, 5) is 108. The van der Waals surface area contributed by atoms with Crippen LogP contribution in [0.4, 0.5) is 10.6 Å². The van der Waals surface area contributed by atoms with Crippen molar-refractivity contribution in [2.45, 2.75) is 210 Å². The number of hydrogen-bond acceptors (Lipinski definition) is 29. The average Bonchev–Trinajstić information content (AvgIpc) is 1.70. The number of aliphatic hydroxyl groups is 3. The van der Waals surface area contributed by atoms with Crippen molar-refractivity contribution in [3.63, 3.8) is 0 Å². The third-order valence-corrected chi connectivity index (χ3v) is 24.8. The summed E-state index contributed by atoms with van der Waals surface area (Å²) in [5.74, 6) is -6.86. The van der Waals surface area contributed by atoms with E-state index in [1.54, 1.807) is 64.9 Å². The number of ether oxygens (including phenoxy) is 14. The number of pyridine rings is 1. The minimum absolute atomic E-state index is 0.000199. The van der Waals surface area contributed by atoms with Crippen LogP contribution in [0.25, 0.3) is 21.6 Å². The lowest BCUT2D eigenvalue weighted by Gasteiger charge is -2.43. The number of Topliss-reactive ketones (excluding diaryl/α,β-unsaturated/α-hetero) is 2. The van der Waals surface area contributed by atoms with Crippen LogP contribution in [0.15, 0.2) is 112 Å². The third kappa shape index (κ3) is 34.5. The van der Waals surface area contributed by atoms with Crippen LogP contribution in [0, 0.1) is 36.5 Å². The summed E-state index contributed by atoms with van der Waals surface area (Å²) in [6, 6.07) is 12.3. The molecule has 128 heavy (non-hydrogen) atoms. The van der Waals surface area contributed by atoms with Gasteiger partial charge in [0.25, 0.3) is 17.6 Å². The Kier molecular flexibility index (Phi) is 46.3. The third-order valence-electron chi connectivity index (χ3n) is 23.8. The first-order valence-electron chi connectivity index (χ1n) is 45.0. The Hall–Kier alpha value is -8.30. The first-order valence-corrected chi connectivity index (χ1v) is 45.9. The summed E-state index contributed by atoms with van der Waals surface area (Å²) in [7, 11) is 3.07. The van der Waals surface area contributed by atoms with E-state index in [1.165, 1.54) is 7.11 Å². The summed E-state index contributed by atoms with van der Waals surface area (Å²) in [6.07, 6.45) is 9.28. The van der Waals surface area contributed by atoms with Gasteiger partial charge >= 0.3 is 12.1 Å². The van der Waals surface area contributed by atoms with Gasteiger partial charge in [-0.3, -0.25) is 24.0 Å². The van der Waals surface area contributed by atoms with Gasteiger partial charge in [0.1, 0.15) is 48.6 Å². The van der Waals surface area contributed by atoms with Gasteiger partial charge in [0.2, 0.25) is 11.7 Å². The van der Waals surface area contributed by atoms with Crippen molar-refractivity contribution in [3.05, 3.63) is 129 Å². The number of anilines is 1. The van der Waals surface area contributed by atoms with E-state index in [4.69, 9.17) is 77.8 Å². The molecule has 5 heterocycles. The number of hydrogen-bond donors (Lipinski definition) is 7. The normalized spacial score (nSPS) is 27.2. The van der Waals surface area contributed by atoms with E-state index in [0.717, 1.165) is 43.4 Å². The molecule has 710 valence electrons. The van der Waals surface area contributed by atoms with Crippen molar-refractivity contribution >= 4 is 58.9 Å². The molecule has 2 saturated heterocycles. The maximum absolute atomic E-state index is 14.8. The van der Waals surface area contributed by atoms with E-state index in [9.17, 15) is 54.4 Å². The van der Waals surface area contributed by atoms with Crippen molar-refractivity contribution < 1.29 is 115 Å². The largest absolute Gasteiger partial charge is 0.491 e. The molecule has 0 radical (unpaired) electrons. The lowest BCUT2D eigenvalue weighted by Crippen LogP contribution is -2.61. The fraction of sp³-hybridized carbons (Fsp3) is 0.656. The van der Waals surface area contributed by atoms with Crippen molar-refractivity contribution in [2.75, 3.05) is 164 Å². The number of amides is 4. The molecule has 34 nitrogen and oxygen atoms in total. The summed E-state index contributed by atoms with van der Waals surface area (Å²) in [6.45, 7) is 19.9. The van der Waals surface area contributed by atoms with Crippen LogP contribution >= 0.6 is 11.8 Å². The predicted molar refractivity (Wildman–Crippen MR) is 480 cm³/mol. The van der Waals surface area contributed by atoms with Gasteiger partial charge in [-0.15, -0.1) is 11.8 Å². The molecule has 8 rings (SSSR count). The van der Waals surface area contributed by atoms with E-state index in [0.29, 0.717) is 181 Å². The first kappa shape index (κ1) is 105. The average molecular weight is 1810 g/mol. The van der Waals surface area contributed by atoms with Crippen LogP contribution in [0.1, 0.15) is 146 Å². The summed E-state index contributed by atoms with van der Waals surface area (Å²) >= 11 is 1.61. The molecule has 3 fully saturated rings. The molecule has 35 heteroatoms. The van der Waals surface area contributed by atoms with E-state index in [-0.39, 0.29) is 94.2 Å². The van der Waals surface area contributed by atoms with Crippen molar-refractivity contribution in [3.8, 4) is 16.9 Å². The number of benzene rings is 2. The molecule has 4 aliphatic heterocycles. The minimum Gasteiger partial charge on any atom is -0.491 e. The number of azide groups is 1. The number of carbonyl (C=O) groups is 7. The number of allylic oxidation sites excluding steroid dienone is 5. The lowest BCUT2D eigenvalue weighted by atomic mass is 9.80. The number of nitrogen functional groups attached to an aromatic ring is 1. The number of ketones is 2. The predicted octanol–water partition coefficient (Wildman–Crippen LogP) is 9.48. The molecular formula is C93H138N10O24S. The summed E-state index contributed by atoms with van der Waals surface area (Å²) in [5, 5.41) is 44.6. The van der Waals surface area contributed by atoms with Gasteiger partial charge in [-0.05, 0) is 179 Å². The molecule has 16 atom stereocenters. The number of fused-ring (bicyclic) bond motifs is 4. The number of nitrogens with one attached hydrogen (secondary N) is 2. The Bertz CT molecular complexity index is 4140. The zero-order valence-electron chi connectivity index (χ0n) is 75.9. The molecular weight excluding hydrogens is 1670 g/mol. The number of esters is 1. The molecule has 1 unspecified atom stereocenters. The molecule has 0 spiro atoms. The number of aliphatic hydroxyl groups excluding tert-OH is 2.